The summed E-state index contributed by atoms with van der Waals surface area (Å²) in [6, 6.07) is 8.26. The highest BCUT2D eigenvalue weighted by atomic mass is 16.5. The van der Waals surface area contributed by atoms with Crippen molar-refractivity contribution >= 4 is 5.91 Å². The van der Waals surface area contributed by atoms with Crippen molar-refractivity contribution in [2.45, 2.75) is 31.8 Å². The van der Waals surface area contributed by atoms with E-state index in [1.807, 2.05) is 38.4 Å². The van der Waals surface area contributed by atoms with Crippen molar-refractivity contribution in [3.8, 4) is 5.75 Å². The van der Waals surface area contributed by atoms with Crippen LogP contribution in [0.15, 0.2) is 24.3 Å². The molecule has 0 bridgehead atoms. The average Bonchev–Trinajstić information content (AvgIpc) is 2.98. The summed E-state index contributed by atoms with van der Waals surface area (Å²) < 4.78 is 5.71. The zero-order valence-corrected chi connectivity index (χ0v) is 13.6. The Kier molecular flexibility index (Phi) is 6.68. The highest BCUT2D eigenvalue weighted by molar-refractivity contribution is 5.76. The van der Waals surface area contributed by atoms with E-state index < -0.39 is 0 Å². The van der Waals surface area contributed by atoms with Crippen molar-refractivity contribution in [2.24, 2.45) is 0 Å². The third kappa shape index (κ3) is 6.03. The van der Waals surface area contributed by atoms with Crippen molar-refractivity contribution in [3.05, 3.63) is 29.8 Å². The number of hydrogen-bond acceptors (Lipinski definition) is 4. The monoisotopic (exact) mass is 305 g/mol. The number of likely N-dealkylation sites (N-methyl/N-ethyl adjacent to an activating group) is 1. The molecule has 1 aliphatic heterocycles. The van der Waals surface area contributed by atoms with Crippen molar-refractivity contribution in [3.63, 3.8) is 0 Å². The number of carbonyl (C=O) groups excluding carboxylic acids is 1. The molecule has 1 amide bonds. The largest absolute Gasteiger partial charge is 0.492 e. The Morgan fingerprint density at radius 1 is 1.45 bits per heavy atom. The van der Waals surface area contributed by atoms with Crippen LogP contribution in [0.25, 0.3) is 0 Å². The number of carbonyl (C=O) groups is 1. The number of amides is 1. The first-order valence-electron chi connectivity index (χ1n) is 8.00. The van der Waals surface area contributed by atoms with Crippen LogP contribution in [-0.2, 0) is 11.3 Å². The van der Waals surface area contributed by atoms with Gasteiger partial charge in [0.2, 0.25) is 5.91 Å². The molecule has 2 N–H and O–H groups in total. The molecule has 0 saturated carbocycles. The predicted molar refractivity (Wildman–Crippen MR) is 88.0 cm³/mol. The first kappa shape index (κ1) is 16.8. The van der Waals surface area contributed by atoms with Gasteiger partial charge in [0.05, 0.1) is 0 Å². The van der Waals surface area contributed by atoms with Crippen LogP contribution in [0.1, 0.15) is 24.8 Å². The fourth-order valence-corrected chi connectivity index (χ4v) is 2.52. The lowest BCUT2D eigenvalue weighted by Crippen LogP contribution is -2.31. The van der Waals surface area contributed by atoms with Crippen LogP contribution < -0.4 is 15.4 Å². The smallest absolute Gasteiger partial charge is 0.221 e. The van der Waals surface area contributed by atoms with Gasteiger partial charge in [-0.1, -0.05) is 12.1 Å². The van der Waals surface area contributed by atoms with Gasteiger partial charge in [-0.3, -0.25) is 4.79 Å². The number of hydrogen-bond donors (Lipinski definition) is 2. The average molecular weight is 305 g/mol. The number of nitrogens with zero attached hydrogens (tertiary/aromatic N) is 1. The number of ether oxygens (including phenoxy) is 1. The third-order valence-corrected chi connectivity index (χ3v) is 3.79. The maximum atomic E-state index is 11.9. The van der Waals surface area contributed by atoms with Crippen LogP contribution >= 0.6 is 0 Å². The molecule has 1 fully saturated rings. The van der Waals surface area contributed by atoms with Gasteiger partial charge in [0, 0.05) is 25.6 Å². The summed E-state index contributed by atoms with van der Waals surface area (Å²) in [5.41, 5.74) is 1.06. The van der Waals surface area contributed by atoms with E-state index in [1.54, 1.807) is 0 Å². The molecular weight excluding hydrogens is 278 g/mol. The Labute approximate surface area is 133 Å². The SMILES string of the molecule is CN(C)CCOc1cccc(CNC(=O)CC2CCCN2)c1. The standard InChI is InChI=1S/C17H27N3O2/c1-20(2)9-10-22-16-7-3-5-14(11-16)13-19-17(21)12-15-6-4-8-18-15/h3,5,7,11,15,18H,4,6,8-10,12-13H2,1-2H3,(H,19,21). The zero-order valence-electron chi connectivity index (χ0n) is 13.6. The topological polar surface area (TPSA) is 53.6 Å². The van der Waals surface area contributed by atoms with Crippen LogP contribution in [0.4, 0.5) is 0 Å². The number of rotatable bonds is 8. The second kappa shape index (κ2) is 8.76. The minimum absolute atomic E-state index is 0.110. The molecular formula is C17H27N3O2. The van der Waals surface area contributed by atoms with Gasteiger partial charge in [-0.15, -0.1) is 0 Å². The molecule has 1 aromatic rings. The van der Waals surface area contributed by atoms with E-state index in [4.69, 9.17) is 4.74 Å². The van der Waals surface area contributed by atoms with Crippen LogP contribution in [-0.4, -0.2) is 50.6 Å². The fraction of sp³-hybridized carbons (Fsp3) is 0.588. The summed E-state index contributed by atoms with van der Waals surface area (Å²) in [4.78, 5) is 14.0. The molecule has 5 nitrogen and oxygen atoms in total. The van der Waals surface area contributed by atoms with E-state index in [0.717, 1.165) is 30.8 Å². The van der Waals surface area contributed by atoms with Crippen LogP contribution in [0.3, 0.4) is 0 Å². The molecule has 0 aromatic heterocycles. The van der Waals surface area contributed by atoms with Gasteiger partial charge in [-0.25, -0.2) is 0 Å². The van der Waals surface area contributed by atoms with Gasteiger partial charge < -0.3 is 20.3 Å². The lowest BCUT2D eigenvalue weighted by molar-refractivity contribution is -0.121. The van der Waals surface area contributed by atoms with Crippen molar-refractivity contribution in [1.82, 2.24) is 15.5 Å². The normalized spacial score (nSPS) is 17.7. The van der Waals surface area contributed by atoms with E-state index in [-0.39, 0.29) is 5.91 Å². The summed E-state index contributed by atoms with van der Waals surface area (Å²) in [6.45, 7) is 3.13. The minimum atomic E-state index is 0.110. The number of benzene rings is 1. The van der Waals surface area contributed by atoms with Gasteiger partial charge >= 0.3 is 0 Å². The molecule has 1 aromatic carbocycles. The molecule has 22 heavy (non-hydrogen) atoms. The summed E-state index contributed by atoms with van der Waals surface area (Å²) in [5.74, 6) is 0.962. The molecule has 1 unspecified atom stereocenters. The lowest BCUT2D eigenvalue weighted by Gasteiger charge is -2.13. The minimum Gasteiger partial charge on any atom is -0.492 e. The molecule has 122 valence electrons. The fourth-order valence-electron chi connectivity index (χ4n) is 2.52. The van der Waals surface area contributed by atoms with E-state index in [9.17, 15) is 4.79 Å². The maximum absolute atomic E-state index is 11.9. The summed E-state index contributed by atoms with van der Waals surface area (Å²) in [6.07, 6.45) is 2.84. The first-order valence-corrected chi connectivity index (χ1v) is 8.00. The van der Waals surface area contributed by atoms with Gasteiger partial charge in [-0.05, 0) is 51.2 Å². The molecule has 5 heteroatoms. The second-order valence-electron chi connectivity index (χ2n) is 6.07. The Bertz CT molecular complexity index is 471. The predicted octanol–water partition coefficient (Wildman–Crippen LogP) is 1.39. The van der Waals surface area contributed by atoms with Gasteiger partial charge in [0.1, 0.15) is 12.4 Å². The molecule has 1 heterocycles. The molecule has 0 aliphatic carbocycles. The highest BCUT2D eigenvalue weighted by Crippen LogP contribution is 2.13. The van der Waals surface area contributed by atoms with E-state index in [2.05, 4.69) is 15.5 Å². The van der Waals surface area contributed by atoms with Crippen LogP contribution in [0.5, 0.6) is 5.75 Å². The van der Waals surface area contributed by atoms with E-state index >= 15 is 0 Å². The Morgan fingerprint density at radius 2 is 2.32 bits per heavy atom. The van der Waals surface area contributed by atoms with Crippen LogP contribution in [0, 0.1) is 0 Å². The van der Waals surface area contributed by atoms with Gasteiger partial charge in [0.25, 0.3) is 0 Å². The van der Waals surface area contributed by atoms with Crippen molar-refractivity contribution in [2.75, 3.05) is 33.8 Å². The molecule has 2 rings (SSSR count). The Morgan fingerprint density at radius 3 is 3.05 bits per heavy atom. The molecule has 1 aliphatic rings. The zero-order chi connectivity index (χ0) is 15.8. The molecule has 1 atom stereocenters. The molecule has 0 radical (unpaired) electrons. The summed E-state index contributed by atoms with van der Waals surface area (Å²) in [7, 11) is 4.04. The Balaban J connectivity index is 1.73. The third-order valence-electron chi connectivity index (χ3n) is 3.79. The molecule has 0 spiro atoms. The highest BCUT2D eigenvalue weighted by Gasteiger charge is 2.17. The van der Waals surface area contributed by atoms with E-state index in [0.29, 0.717) is 25.6 Å². The first-order chi connectivity index (χ1) is 10.6. The number of nitrogens with one attached hydrogen (secondary N) is 2. The van der Waals surface area contributed by atoms with Crippen LogP contribution in [0.2, 0.25) is 0 Å². The van der Waals surface area contributed by atoms with E-state index in [1.165, 1.54) is 6.42 Å². The van der Waals surface area contributed by atoms with Gasteiger partial charge in [-0.2, -0.15) is 0 Å². The van der Waals surface area contributed by atoms with Gasteiger partial charge in [0.15, 0.2) is 0 Å². The molecule has 1 saturated heterocycles. The maximum Gasteiger partial charge on any atom is 0.221 e. The van der Waals surface area contributed by atoms with Crippen molar-refractivity contribution in [1.29, 1.82) is 0 Å². The summed E-state index contributed by atoms with van der Waals surface area (Å²) >= 11 is 0. The Hall–Kier alpha value is -1.59. The quantitative estimate of drug-likeness (QED) is 0.762. The van der Waals surface area contributed by atoms with Crippen molar-refractivity contribution < 1.29 is 9.53 Å². The summed E-state index contributed by atoms with van der Waals surface area (Å²) in [5, 5.41) is 6.33. The lowest BCUT2D eigenvalue weighted by atomic mass is 10.1. The second-order valence-corrected chi connectivity index (χ2v) is 6.07.